The van der Waals surface area contributed by atoms with Crippen molar-refractivity contribution in [3.05, 3.63) is 144 Å². The number of aliphatic hydroxyl groups excluding tert-OH is 2. The van der Waals surface area contributed by atoms with Crippen LogP contribution in [-0.4, -0.2) is 47.3 Å². The van der Waals surface area contributed by atoms with E-state index < -0.39 is 36.6 Å². The molecule has 1 unspecified atom stereocenters. The summed E-state index contributed by atoms with van der Waals surface area (Å²) >= 11 is 0. The molecular weight excluding hydrogens is 504 g/mol. The lowest BCUT2D eigenvalue weighted by Gasteiger charge is -2.46. The van der Waals surface area contributed by atoms with Crippen LogP contribution in [0.25, 0.3) is 0 Å². The van der Waals surface area contributed by atoms with Crippen molar-refractivity contribution in [3.63, 3.8) is 0 Å². The molecule has 0 spiro atoms. The molecule has 6 nitrogen and oxygen atoms in total. The molecule has 1 heterocycles. The summed E-state index contributed by atoms with van der Waals surface area (Å²) < 4.78 is 25.3. The second-order valence-electron chi connectivity index (χ2n) is 10.0. The molecular formula is C34H36O6. The summed E-state index contributed by atoms with van der Waals surface area (Å²) in [6.07, 6.45) is -5.17. The van der Waals surface area contributed by atoms with Gasteiger partial charge in [-0.2, -0.15) is 0 Å². The van der Waals surface area contributed by atoms with Gasteiger partial charge in [0.15, 0.2) is 0 Å². The Labute approximate surface area is 235 Å². The van der Waals surface area contributed by atoms with E-state index in [9.17, 15) is 10.2 Å². The molecule has 0 aromatic heterocycles. The largest absolute Gasteiger partial charge is 0.387 e. The molecule has 5 rings (SSSR count). The summed E-state index contributed by atoms with van der Waals surface area (Å²) in [5.74, 6) is 0. The van der Waals surface area contributed by atoms with Crippen LogP contribution < -0.4 is 0 Å². The average molecular weight is 541 g/mol. The molecule has 1 saturated heterocycles. The van der Waals surface area contributed by atoms with E-state index in [0.717, 1.165) is 16.7 Å². The lowest BCUT2D eigenvalue weighted by molar-refractivity contribution is -0.276. The summed E-state index contributed by atoms with van der Waals surface area (Å²) in [6.45, 7) is 1.19. The van der Waals surface area contributed by atoms with Crippen LogP contribution >= 0.6 is 0 Å². The summed E-state index contributed by atoms with van der Waals surface area (Å²) in [6, 6.07) is 38.8. The maximum Gasteiger partial charge on any atom is 0.117 e. The van der Waals surface area contributed by atoms with Gasteiger partial charge in [0, 0.05) is 0 Å². The Morgan fingerprint density at radius 2 is 1.05 bits per heavy atom. The zero-order valence-corrected chi connectivity index (χ0v) is 22.4. The first-order chi connectivity index (χ1) is 19.7. The van der Waals surface area contributed by atoms with E-state index in [1.54, 1.807) is 0 Å². The third kappa shape index (κ3) is 7.43. The maximum atomic E-state index is 11.6. The van der Waals surface area contributed by atoms with Crippen molar-refractivity contribution in [1.82, 2.24) is 0 Å². The third-order valence-electron chi connectivity index (χ3n) is 7.11. The Bertz CT molecular complexity index is 1250. The van der Waals surface area contributed by atoms with Crippen LogP contribution in [0.5, 0.6) is 0 Å². The van der Waals surface area contributed by atoms with E-state index in [1.165, 1.54) is 0 Å². The predicted molar refractivity (Wildman–Crippen MR) is 152 cm³/mol. The van der Waals surface area contributed by atoms with E-state index >= 15 is 0 Å². The molecule has 0 amide bonds. The van der Waals surface area contributed by atoms with E-state index in [1.807, 2.05) is 121 Å². The molecule has 1 aliphatic rings. The third-order valence-corrected chi connectivity index (χ3v) is 7.11. The van der Waals surface area contributed by atoms with Gasteiger partial charge in [-0.15, -0.1) is 0 Å². The fraction of sp³-hybridized carbons (Fsp3) is 0.294. The molecule has 40 heavy (non-hydrogen) atoms. The molecule has 1 fully saturated rings. The number of ether oxygens (including phenoxy) is 4. The molecule has 2 N–H and O–H groups in total. The normalized spacial score (nSPS) is 23.5. The Balaban J connectivity index is 1.40. The van der Waals surface area contributed by atoms with Crippen LogP contribution in [0.3, 0.4) is 0 Å². The van der Waals surface area contributed by atoms with Gasteiger partial charge in [-0.05, 0) is 22.3 Å². The minimum atomic E-state index is -1.15. The quantitative estimate of drug-likeness (QED) is 0.256. The van der Waals surface area contributed by atoms with Crippen LogP contribution in [-0.2, 0) is 38.8 Å². The van der Waals surface area contributed by atoms with Crippen molar-refractivity contribution < 1.29 is 29.2 Å². The van der Waals surface area contributed by atoms with Crippen LogP contribution in [0.1, 0.15) is 28.4 Å². The molecule has 4 aromatic carbocycles. The van der Waals surface area contributed by atoms with E-state index in [2.05, 4.69) is 0 Å². The summed E-state index contributed by atoms with van der Waals surface area (Å²) in [5, 5.41) is 22.9. The van der Waals surface area contributed by atoms with Gasteiger partial charge in [-0.25, -0.2) is 0 Å². The van der Waals surface area contributed by atoms with Crippen molar-refractivity contribution >= 4 is 0 Å². The molecule has 1 aliphatic heterocycles. The van der Waals surface area contributed by atoms with Gasteiger partial charge >= 0.3 is 0 Å². The number of hydrogen-bond acceptors (Lipinski definition) is 6. The number of rotatable bonds is 12. The van der Waals surface area contributed by atoms with Gasteiger partial charge in [0.25, 0.3) is 0 Å². The van der Waals surface area contributed by atoms with Crippen molar-refractivity contribution in [3.8, 4) is 0 Å². The Morgan fingerprint density at radius 3 is 1.57 bits per heavy atom. The Kier molecular flexibility index (Phi) is 10.1. The molecule has 0 bridgehead atoms. The molecule has 208 valence electrons. The number of benzene rings is 4. The van der Waals surface area contributed by atoms with Gasteiger partial charge in [0.2, 0.25) is 0 Å². The summed E-state index contributed by atoms with van der Waals surface area (Å²) in [5.41, 5.74) is 3.66. The highest BCUT2D eigenvalue weighted by molar-refractivity contribution is 5.20. The second kappa shape index (κ2) is 14.3. The lowest BCUT2D eigenvalue weighted by atomic mass is 9.89. The molecule has 0 saturated carbocycles. The minimum absolute atomic E-state index is 0.199. The molecule has 0 radical (unpaired) electrons. The van der Waals surface area contributed by atoms with Crippen LogP contribution in [0.15, 0.2) is 121 Å². The molecule has 4 aromatic rings. The van der Waals surface area contributed by atoms with E-state index in [4.69, 9.17) is 18.9 Å². The highest BCUT2D eigenvalue weighted by atomic mass is 16.6. The average Bonchev–Trinajstić information content (AvgIpc) is 3.02. The minimum Gasteiger partial charge on any atom is -0.387 e. The van der Waals surface area contributed by atoms with Crippen LogP contribution in [0.2, 0.25) is 0 Å². The van der Waals surface area contributed by atoms with Gasteiger partial charge in [0.05, 0.1) is 26.4 Å². The zero-order chi connectivity index (χ0) is 27.6. The van der Waals surface area contributed by atoms with Gasteiger partial charge in [-0.3, -0.25) is 0 Å². The van der Waals surface area contributed by atoms with Crippen molar-refractivity contribution in [2.45, 2.75) is 56.4 Å². The monoisotopic (exact) mass is 540 g/mol. The van der Waals surface area contributed by atoms with Crippen molar-refractivity contribution in [2.75, 3.05) is 6.61 Å². The first-order valence-corrected chi connectivity index (χ1v) is 13.7. The first kappa shape index (κ1) is 28.2. The summed E-state index contributed by atoms with van der Waals surface area (Å²) in [7, 11) is 0. The highest BCUT2D eigenvalue weighted by Crippen LogP contribution is 2.34. The van der Waals surface area contributed by atoms with Crippen molar-refractivity contribution in [1.29, 1.82) is 0 Å². The lowest BCUT2D eigenvalue weighted by Crippen LogP contribution is -2.61. The summed E-state index contributed by atoms with van der Waals surface area (Å²) in [4.78, 5) is 0. The van der Waals surface area contributed by atoms with E-state index in [0.29, 0.717) is 18.8 Å². The molecule has 0 aliphatic carbocycles. The smallest absolute Gasteiger partial charge is 0.117 e. The Hall–Kier alpha value is -3.36. The number of hydrogen-bond donors (Lipinski definition) is 2. The zero-order valence-electron chi connectivity index (χ0n) is 22.4. The van der Waals surface area contributed by atoms with Crippen LogP contribution in [0.4, 0.5) is 0 Å². The Morgan fingerprint density at radius 1 is 0.600 bits per heavy atom. The molecule has 6 atom stereocenters. The van der Waals surface area contributed by atoms with Crippen LogP contribution in [0, 0.1) is 0 Å². The predicted octanol–water partition coefficient (Wildman–Crippen LogP) is 5.24. The maximum absolute atomic E-state index is 11.6. The van der Waals surface area contributed by atoms with E-state index in [-0.39, 0.29) is 13.2 Å². The van der Waals surface area contributed by atoms with Gasteiger partial charge in [-0.1, -0.05) is 121 Å². The highest BCUT2D eigenvalue weighted by Gasteiger charge is 2.49. The standard InChI is InChI=1S/C34H36O6/c35-30(28-19-11-4-12-20-28)33-31(36)34(39-23-27-17-9-3-10-18-27)32(38-22-26-15-7-2-8-16-26)29(40-33)24-37-21-25-13-5-1-6-14-25/h1-20,29-36H,21-24H2/t29-,30?,31+,32-,33-,34-/m1/s1. The molecule has 6 heteroatoms. The number of aliphatic hydroxyl groups is 2. The van der Waals surface area contributed by atoms with Gasteiger partial charge < -0.3 is 29.2 Å². The topological polar surface area (TPSA) is 77.4 Å². The second-order valence-corrected chi connectivity index (χ2v) is 10.0. The SMILES string of the molecule is OC(c1ccccc1)[C@H]1O[C@H](COCc2ccccc2)[C@@H](OCc2ccccc2)[C@H](OCc2ccccc2)[C@H]1O. The van der Waals surface area contributed by atoms with Crippen molar-refractivity contribution in [2.24, 2.45) is 0 Å². The fourth-order valence-corrected chi connectivity index (χ4v) is 4.98. The first-order valence-electron chi connectivity index (χ1n) is 13.7. The van der Waals surface area contributed by atoms with Gasteiger partial charge in [0.1, 0.15) is 36.6 Å². The fourth-order valence-electron chi connectivity index (χ4n) is 4.98.